The van der Waals surface area contributed by atoms with E-state index < -0.39 is 0 Å². The third-order valence-corrected chi connectivity index (χ3v) is 5.36. The first-order valence-corrected chi connectivity index (χ1v) is 10.5. The molecule has 0 spiro atoms. The van der Waals surface area contributed by atoms with Gasteiger partial charge in [-0.1, -0.05) is 18.2 Å². The Balaban J connectivity index is 1.39. The van der Waals surface area contributed by atoms with Crippen molar-refractivity contribution >= 4 is 22.8 Å². The summed E-state index contributed by atoms with van der Waals surface area (Å²) >= 11 is 0. The van der Waals surface area contributed by atoms with Gasteiger partial charge in [0, 0.05) is 24.0 Å². The third-order valence-electron chi connectivity index (χ3n) is 5.36. The van der Waals surface area contributed by atoms with Crippen LogP contribution >= 0.6 is 0 Å². The molecule has 1 fully saturated rings. The smallest absolute Gasteiger partial charge is 0.260 e. The molecule has 1 aromatic heterocycles. The highest BCUT2D eigenvalue weighted by atomic mass is 16.5. The fourth-order valence-corrected chi connectivity index (χ4v) is 3.54. The molecule has 1 atom stereocenters. The maximum atomic E-state index is 12.8. The van der Waals surface area contributed by atoms with E-state index in [1.165, 1.54) is 7.11 Å². The lowest BCUT2D eigenvalue weighted by Gasteiger charge is -2.26. The van der Waals surface area contributed by atoms with Crippen molar-refractivity contribution in [3.8, 4) is 11.5 Å². The van der Waals surface area contributed by atoms with Crippen LogP contribution in [0.15, 0.2) is 52.9 Å². The summed E-state index contributed by atoms with van der Waals surface area (Å²) in [4.78, 5) is 26.8. The zero-order valence-corrected chi connectivity index (χ0v) is 18.1. The van der Waals surface area contributed by atoms with Crippen LogP contribution in [-0.2, 0) is 9.53 Å². The second-order valence-corrected chi connectivity index (χ2v) is 7.53. The number of carbonyl (C=O) groups is 2. The van der Waals surface area contributed by atoms with E-state index in [0.29, 0.717) is 49.1 Å². The standard InChI is InChI=1S/C24H26N2O6/c1-16(21-13-17-5-3-4-6-19(17)32-21)25-24(28)18-7-8-20(22(14-18)29-2)31-15-23(27)26-9-11-30-12-10-26/h3-8,13-14,16H,9-12,15H2,1-2H3,(H,25,28)/t16-/m0/s1. The van der Waals surface area contributed by atoms with Gasteiger partial charge in [0.1, 0.15) is 11.3 Å². The lowest BCUT2D eigenvalue weighted by atomic mass is 10.1. The highest BCUT2D eigenvalue weighted by molar-refractivity contribution is 5.95. The Morgan fingerprint density at radius 3 is 2.62 bits per heavy atom. The number of hydrogen-bond donors (Lipinski definition) is 1. The molecule has 2 amide bonds. The minimum atomic E-state index is -0.317. The van der Waals surface area contributed by atoms with Crippen LogP contribution in [0, 0.1) is 0 Å². The molecule has 1 aliphatic rings. The van der Waals surface area contributed by atoms with Gasteiger partial charge in [0.2, 0.25) is 0 Å². The molecule has 0 unspecified atom stereocenters. The Labute approximate surface area is 186 Å². The van der Waals surface area contributed by atoms with Crippen molar-refractivity contribution in [3.05, 3.63) is 59.9 Å². The number of nitrogens with zero attached hydrogens (tertiary/aromatic N) is 1. The number of amides is 2. The number of ether oxygens (including phenoxy) is 3. The molecule has 0 aliphatic carbocycles. The van der Waals surface area contributed by atoms with E-state index in [0.717, 1.165) is 11.0 Å². The summed E-state index contributed by atoms with van der Waals surface area (Å²) in [6, 6.07) is 14.2. The van der Waals surface area contributed by atoms with Gasteiger partial charge >= 0.3 is 0 Å². The maximum absolute atomic E-state index is 12.8. The molecule has 32 heavy (non-hydrogen) atoms. The van der Waals surface area contributed by atoms with Gasteiger partial charge in [0.05, 0.1) is 26.4 Å². The number of para-hydroxylation sites is 1. The van der Waals surface area contributed by atoms with Gasteiger partial charge in [-0.15, -0.1) is 0 Å². The number of benzene rings is 2. The maximum Gasteiger partial charge on any atom is 0.260 e. The molecule has 2 aromatic carbocycles. The van der Waals surface area contributed by atoms with Gasteiger partial charge in [0.25, 0.3) is 11.8 Å². The number of nitrogens with one attached hydrogen (secondary N) is 1. The molecule has 0 radical (unpaired) electrons. The Bertz CT molecular complexity index is 1070. The molecular formula is C24H26N2O6. The molecule has 1 saturated heterocycles. The van der Waals surface area contributed by atoms with Crippen molar-refractivity contribution in [1.82, 2.24) is 10.2 Å². The van der Waals surface area contributed by atoms with Crippen molar-refractivity contribution in [2.24, 2.45) is 0 Å². The summed E-state index contributed by atoms with van der Waals surface area (Å²) in [7, 11) is 1.49. The summed E-state index contributed by atoms with van der Waals surface area (Å²) in [6.45, 7) is 3.94. The quantitative estimate of drug-likeness (QED) is 0.609. The van der Waals surface area contributed by atoms with Crippen LogP contribution in [0.5, 0.6) is 11.5 Å². The molecule has 1 N–H and O–H groups in total. The van der Waals surface area contributed by atoms with Crippen molar-refractivity contribution in [2.75, 3.05) is 40.0 Å². The Morgan fingerprint density at radius 2 is 1.88 bits per heavy atom. The van der Waals surface area contributed by atoms with Crippen molar-refractivity contribution in [2.45, 2.75) is 13.0 Å². The van der Waals surface area contributed by atoms with E-state index in [2.05, 4.69) is 5.32 Å². The zero-order chi connectivity index (χ0) is 22.5. The molecule has 168 valence electrons. The molecule has 0 bridgehead atoms. The van der Waals surface area contributed by atoms with E-state index in [4.69, 9.17) is 18.6 Å². The van der Waals surface area contributed by atoms with Gasteiger partial charge in [-0.05, 0) is 37.3 Å². The normalized spacial score (nSPS) is 14.8. The minimum Gasteiger partial charge on any atom is -0.493 e. The SMILES string of the molecule is COc1cc(C(=O)N[C@@H](C)c2cc3ccccc3o2)ccc1OCC(=O)N1CCOCC1. The highest BCUT2D eigenvalue weighted by Crippen LogP contribution is 2.29. The van der Waals surface area contributed by atoms with Crippen LogP contribution in [0.3, 0.4) is 0 Å². The lowest BCUT2D eigenvalue weighted by molar-refractivity contribution is -0.137. The molecule has 4 rings (SSSR count). The van der Waals surface area contributed by atoms with Gasteiger partial charge < -0.3 is 28.8 Å². The minimum absolute atomic E-state index is 0.106. The van der Waals surface area contributed by atoms with Crippen LogP contribution in [0.4, 0.5) is 0 Å². The molecule has 8 heteroatoms. The van der Waals surface area contributed by atoms with Crippen LogP contribution in [0.25, 0.3) is 11.0 Å². The largest absolute Gasteiger partial charge is 0.493 e. The summed E-state index contributed by atoms with van der Waals surface area (Å²) < 4.78 is 22.1. The van der Waals surface area contributed by atoms with Crippen molar-refractivity contribution in [1.29, 1.82) is 0 Å². The fraction of sp³-hybridized carbons (Fsp3) is 0.333. The van der Waals surface area contributed by atoms with Gasteiger partial charge in [-0.3, -0.25) is 9.59 Å². The highest BCUT2D eigenvalue weighted by Gasteiger charge is 2.20. The second kappa shape index (κ2) is 9.74. The number of carbonyl (C=O) groups excluding carboxylic acids is 2. The summed E-state index contributed by atoms with van der Waals surface area (Å²) in [5.74, 6) is 1.07. The average molecular weight is 438 g/mol. The van der Waals surface area contributed by atoms with E-state index in [1.807, 2.05) is 37.3 Å². The second-order valence-electron chi connectivity index (χ2n) is 7.53. The predicted octanol–water partition coefficient (Wildman–Crippen LogP) is 3.17. The Hall–Kier alpha value is -3.52. The first kappa shape index (κ1) is 21.7. The molecule has 2 heterocycles. The van der Waals surface area contributed by atoms with Crippen molar-refractivity contribution < 1.29 is 28.2 Å². The van der Waals surface area contributed by atoms with Crippen LogP contribution < -0.4 is 14.8 Å². The molecular weight excluding hydrogens is 412 g/mol. The summed E-state index contributed by atoms with van der Waals surface area (Å²) in [5, 5.41) is 3.92. The average Bonchev–Trinajstić information content (AvgIpc) is 3.27. The fourth-order valence-electron chi connectivity index (χ4n) is 3.54. The third kappa shape index (κ3) is 4.86. The van der Waals surface area contributed by atoms with Crippen LogP contribution in [0.1, 0.15) is 29.1 Å². The topological polar surface area (TPSA) is 90.2 Å². The van der Waals surface area contributed by atoms with Crippen molar-refractivity contribution in [3.63, 3.8) is 0 Å². The van der Waals surface area contributed by atoms with E-state index in [1.54, 1.807) is 23.1 Å². The Morgan fingerprint density at radius 1 is 1.09 bits per heavy atom. The number of fused-ring (bicyclic) bond motifs is 1. The molecule has 0 saturated carbocycles. The first-order valence-electron chi connectivity index (χ1n) is 10.5. The van der Waals surface area contributed by atoms with Gasteiger partial charge in [-0.2, -0.15) is 0 Å². The number of methoxy groups -OCH3 is 1. The molecule has 3 aromatic rings. The van der Waals surface area contributed by atoms with Crippen LogP contribution in [0.2, 0.25) is 0 Å². The van der Waals surface area contributed by atoms with E-state index in [-0.39, 0.29) is 24.5 Å². The first-order chi connectivity index (χ1) is 15.5. The van der Waals surface area contributed by atoms with Crippen LogP contribution in [-0.4, -0.2) is 56.7 Å². The number of hydrogen-bond acceptors (Lipinski definition) is 6. The number of morpholine rings is 1. The summed E-state index contributed by atoms with van der Waals surface area (Å²) in [5.41, 5.74) is 1.19. The zero-order valence-electron chi connectivity index (χ0n) is 18.1. The van der Waals surface area contributed by atoms with Gasteiger partial charge in [0.15, 0.2) is 18.1 Å². The Kier molecular flexibility index (Phi) is 6.61. The molecule has 8 nitrogen and oxygen atoms in total. The van der Waals surface area contributed by atoms with E-state index in [9.17, 15) is 9.59 Å². The van der Waals surface area contributed by atoms with E-state index >= 15 is 0 Å². The van der Waals surface area contributed by atoms with Gasteiger partial charge in [-0.25, -0.2) is 0 Å². The monoisotopic (exact) mass is 438 g/mol. The molecule has 1 aliphatic heterocycles. The lowest BCUT2D eigenvalue weighted by Crippen LogP contribution is -2.43. The number of rotatable bonds is 7. The number of furan rings is 1. The predicted molar refractivity (Wildman–Crippen MR) is 118 cm³/mol. The summed E-state index contributed by atoms with van der Waals surface area (Å²) in [6.07, 6.45) is 0.